The molecule has 1 N–H and O–H groups in total. The zero-order valence-corrected chi connectivity index (χ0v) is 12.0. The van der Waals surface area contributed by atoms with E-state index >= 15 is 0 Å². The highest BCUT2D eigenvalue weighted by Crippen LogP contribution is 2.21. The zero-order valence-electron chi connectivity index (χ0n) is 11.2. The molecule has 1 aromatic carbocycles. The van der Waals surface area contributed by atoms with Crippen LogP contribution >= 0.6 is 11.6 Å². The molecule has 112 valence electrons. The minimum absolute atomic E-state index is 0.0101. The van der Waals surface area contributed by atoms with Gasteiger partial charge < -0.3 is 14.4 Å². The van der Waals surface area contributed by atoms with Crippen molar-refractivity contribution in [1.29, 1.82) is 0 Å². The normalized spacial score (nSPS) is 10.9. The molecular weight excluding hydrogens is 301 g/mol. The van der Waals surface area contributed by atoms with Crippen molar-refractivity contribution in [3.8, 4) is 0 Å². The first-order valence-electron chi connectivity index (χ1n) is 6.29. The number of carbonyl (C=O) groups excluding carboxylic acids is 1. The number of fused-ring (bicyclic) bond motifs is 1. The van der Waals surface area contributed by atoms with E-state index in [2.05, 4.69) is 0 Å². The molecule has 0 spiro atoms. The molecule has 7 heteroatoms. The molecule has 1 aromatic heterocycles. The van der Waals surface area contributed by atoms with Crippen LogP contribution in [0.3, 0.4) is 0 Å². The topological polar surface area (TPSA) is 68.5 Å². The molecule has 0 unspecified atom stereocenters. The summed E-state index contributed by atoms with van der Waals surface area (Å²) in [4.78, 5) is 24.1. The SMILES string of the molecule is CCOC(=O)c1cn(CCO)c2cc(Cl)c(F)cc2c1=O. The van der Waals surface area contributed by atoms with Crippen molar-refractivity contribution >= 4 is 28.5 Å². The Bertz CT molecular complexity index is 757. The molecule has 0 aliphatic carbocycles. The van der Waals surface area contributed by atoms with Crippen molar-refractivity contribution < 1.29 is 19.0 Å². The molecule has 2 rings (SSSR count). The van der Waals surface area contributed by atoms with Crippen LogP contribution < -0.4 is 5.43 Å². The van der Waals surface area contributed by atoms with Crippen molar-refractivity contribution in [2.45, 2.75) is 13.5 Å². The lowest BCUT2D eigenvalue weighted by Gasteiger charge is -2.12. The van der Waals surface area contributed by atoms with Crippen molar-refractivity contribution in [3.05, 3.63) is 45.0 Å². The Kier molecular flexibility index (Phi) is 4.59. The maximum Gasteiger partial charge on any atom is 0.343 e. The summed E-state index contributed by atoms with van der Waals surface area (Å²) in [5.74, 6) is -1.54. The predicted molar refractivity (Wildman–Crippen MR) is 76.2 cm³/mol. The standard InChI is InChI=1S/C14H13ClFNO4/c1-2-21-14(20)9-7-17(3-4-18)12-6-10(15)11(16)5-8(12)13(9)19/h5-7,18H,2-4H2,1H3. The third kappa shape index (κ3) is 2.91. The number of pyridine rings is 1. The number of halogens is 2. The van der Waals surface area contributed by atoms with Crippen molar-refractivity contribution in [3.63, 3.8) is 0 Å². The lowest BCUT2D eigenvalue weighted by Crippen LogP contribution is -2.21. The van der Waals surface area contributed by atoms with Gasteiger partial charge in [0.15, 0.2) is 0 Å². The molecule has 1 heterocycles. The van der Waals surface area contributed by atoms with E-state index < -0.39 is 17.2 Å². The number of aliphatic hydroxyl groups excluding tert-OH is 1. The summed E-state index contributed by atoms with van der Waals surface area (Å²) < 4.78 is 19.9. The van der Waals surface area contributed by atoms with Gasteiger partial charge >= 0.3 is 5.97 Å². The van der Waals surface area contributed by atoms with Crippen LogP contribution in [0, 0.1) is 5.82 Å². The van der Waals surface area contributed by atoms with Gasteiger partial charge in [-0.15, -0.1) is 0 Å². The van der Waals surface area contributed by atoms with E-state index in [-0.39, 0.29) is 35.7 Å². The van der Waals surface area contributed by atoms with Gasteiger partial charge in [-0.05, 0) is 19.1 Å². The van der Waals surface area contributed by atoms with E-state index in [9.17, 15) is 14.0 Å². The molecule has 0 saturated carbocycles. The number of rotatable bonds is 4. The summed E-state index contributed by atoms with van der Waals surface area (Å²) in [7, 11) is 0. The van der Waals surface area contributed by atoms with Crippen LogP contribution in [0.15, 0.2) is 23.1 Å². The minimum atomic E-state index is -0.786. The molecular formula is C14H13ClFNO4. The van der Waals surface area contributed by atoms with Gasteiger partial charge in [-0.3, -0.25) is 4.79 Å². The lowest BCUT2D eigenvalue weighted by molar-refractivity contribution is 0.0524. The summed E-state index contributed by atoms with van der Waals surface area (Å²) >= 11 is 5.72. The fourth-order valence-electron chi connectivity index (χ4n) is 2.03. The molecule has 21 heavy (non-hydrogen) atoms. The number of hydrogen-bond donors (Lipinski definition) is 1. The van der Waals surface area contributed by atoms with Gasteiger partial charge in [0.25, 0.3) is 0 Å². The monoisotopic (exact) mass is 313 g/mol. The lowest BCUT2D eigenvalue weighted by atomic mass is 10.1. The third-order valence-electron chi connectivity index (χ3n) is 2.96. The van der Waals surface area contributed by atoms with Gasteiger partial charge in [0.1, 0.15) is 11.4 Å². The Labute approximate surface area is 124 Å². The molecule has 5 nitrogen and oxygen atoms in total. The van der Waals surface area contributed by atoms with Crippen LogP contribution in [0.25, 0.3) is 10.9 Å². The Morgan fingerprint density at radius 1 is 1.48 bits per heavy atom. The van der Waals surface area contributed by atoms with E-state index in [1.165, 1.54) is 16.8 Å². The largest absolute Gasteiger partial charge is 0.462 e. The molecule has 0 bridgehead atoms. The van der Waals surface area contributed by atoms with Crippen molar-refractivity contribution in [2.24, 2.45) is 0 Å². The van der Waals surface area contributed by atoms with E-state index in [0.717, 1.165) is 6.07 Å². The van der Waals surface area contributed by atoms with Crippen molar-refractivity contribution in [1.82, 2.24) is 4.57 Å². The number of aromatic nitrogens is 1. The minimum Gasteiger partial charge on any atom is -0.462 e. The summed E-state index contributed by atoms with van der Waals surface area (Å²) in [6.45, 7) is 1.65. The van der Waals surface area contributed by atoms with Gasteiger partial charge in [-0.25, -0.2) is 9.18 Å². The van der Waals surface area contributed by atoms with Gasteiger partial charge in [0, 0.05) is 18.1 Å². The highest BCUT2D eigenvalue weighted by atomic mass is 35.5. The van der Waals surface area contributed by atoms with Crippen LogP contribution in [0.4, 0.5) is 4.39 Å². The Hall–Kier alpha value is -1.92. The zero-order chi connectivity index (χ0) is 15.6. The molecule has 0 fully saturated rings. The van der Waals surface area contributed by atoms with Gasteiger partial charge in [0.05, 0.1) is 23.8 Å². The predicted octanol–water partition coefficient (Wildman–Crippen LogP) is 1.96. The molecule has 0 radical (unpaired) electrons. The molecule has 0 atom stereocenters. The van der Waals surface area contributed by atoms with Crippen molar-refractivity contribution in [2.75, 3.05) is 13.2 Å². The Balaban J connectivity index is 2.79. The fourth-order valence-corrected chi connectivity index (χ4v) is 2.19. The van der Waals surface area contributed by atoms with Crippen LogP contribution in [0.5, 0.6) is 0 Å². The number of benzene rings is 1. The smallest absolute Gasteiger partial charge is 0.343 e. The number of hydrogen-bond acceptors (Lipinski definition) is 4. The summed E-state index contributed by atoms with van der Waals surface area (Å²) in [6, 6.07) is 2.27. The second-order valence-corrected chi connectivity index (χ2v) is 4.70. The number of ether oxygens (including phenoxy) is 1. The van der Waals surface area contributed by atoms with Gasteiger partial charge in [0.2, 0.25) is 5.43 Å². The molecule has 0 saturated heterocycles. The Morgan fingerprint density at radius 3 is 2.81 bits per heavy atom. The van der Waals surface area contributed by atoms with Crippen LogP contribution in [0.2, 0.25) is 5.02 Å². The van der Waals surface area contributed by atoms with E-state index in [4.69, 9.17) is 21.4 Å². The molecule has 0 aliphatic rings. The summed E-state index contributed by atoms with van der Waals surface area (Å²) in [5.41, 5.74) is -0.499. The molecule has 0 aliphatic heterocycles. The quantitative estimate of drug-likeness (QED) is 0.876. The van der Waals surface area contributed by atoms with Gasteiger partial charge in [-0.1, -0.05) is 11.6 Å². The summed E-state index contributed by atoms with van der Waals surface area (Å²) in [5, 5.41) is 8.95. The maximum atomic E-state index is 13.6. The van der Waals surface area contributed by atoms with Crippen LogP contribution in [-0.4, -0.2) is 28.9 Å². The van der Waals surface area contributed by atoms with Crippen LogP contribution in [0.1, 0.15) is 17.3 Å². The highest BCUT2D eigenvalue weighted by Gasteiger charge is 2.17. The van der Waals surface area contributed by atoms with E-state index in [1.54, 1.807) is 6.92 Å². The number of carbonyl (C=O) groups is 1. The summed E-state index contributed by atoms with van der Waals surface area (Å²) in [6.07, 6.45) is 1.28. The second-order valence-electron chi connectivity index (χ2n) is 4.29. The average Bonchev–Trinajstić information content (AvgIpc) is 2.44. The number of esters is 1. The first kappa shape index (κ1) is 15.5. The van der Waals surface area contributed by atoms with E-state index in [0.29, 0.717) is 5.52 Å². The first-order valence-corrected chi connectivity index (χ1v) is 6.67. The maximum absolute atomic E-state index is 13.6. The van der Waals surface area contributed by atoms with E-state index in [1.807, 2.05) is 0 Å². The average molecular weight is 314 g/mol. The van der Waals surface area contributed by atoms with Crippen LogP contribution in [-0.2, 0) is 11.3 Å². The molecule has 2 aromatic rings. The molecule has 0 amide bonds. The number of nitrogens with zero attached hydrogens (tertiary/aromatic N) is 1. The Morgan fingerprint density at radius 2 is 2.19 bits per heavy atom. The second kappa shape index (κ2) is 6.24. The highest BCUT2D eigenvalue weighted by molar-refractivity contribution is 6.31. The number of aliphatic hydroxyl groups is 1. The third-order valence-corrected chi connectivity index (χ3v) is 3.25. The van der Waals surface area contributed by atoms with Gasteiger partial charge in [-0.2, -0.15) is 0 Å². The first-order chi connectivity index (χ1) is 9.99. The fraction of sp³-hybridized carbons (Fsp3) is 0.286.